The largest absolute Gasteiger partial charge is 0.382 e. The Morgan fingerprint density at radius 1 is 1.05 bits per heavy atom. The van der Waals surface area contributed by atoms with Crippen LogP contribution in [0.5, 0.6) is 0 Å². The van der Waals surface area contributed by atoms with Gasteiger partial charge in [0.15, 0.2) is 9.84 Å². The molecule has 1 amide bonds. The van der Waals surface area contributed by atoms with Crippen LogP contribution in [0.15, 0.2) is 58.8 Å². The molecule has 2 N–H and O–H groups in total. The fourth-order valence-corrected chi connectivity index (χ4v) is 9.26. The van der Waals surface area contributed by atoms with E-state index in [0.29, 0.717) is 30.8 Å². The monoisotopic (exact) mass is 590 g/mol. The van der Waals surface area contributed by atoms with Crippen LogP contribution in [-0.2, 0) is 37.9 Å². The summed E-state index contributed by atoms with van der Waals surface area (Å²) in [5.74, 6) is -0.361. The van der Waals surface area contributed by atoms with Gasteiger partial charge in [-0.3, -0.25) is 14.9 Å². The Morgan fingerprint density at radius 2 is 1.79 bits per heavy atom. The molecule has 0 radical (unpaired) electrons. The van der Waals surface area contributed by atoms with Gasteiger partial charge >= 0.3 is 0 Å². The van der Waals surface area contributed by atoms with Crippen LogP contribution in [-0.4, -0.2) is 51.1 Å². The summed E-state index contributed by atoms with van der Waals surface area (Å²) in [5.41, 5.74) is 2.45. The number of amides is 1. The third-order valence-electron chi connectivity index (χ3n) is 6.76. The number of nitrogens with one attached hydrogen (secondary N) is 2. The number of carbonyl (C=O) groups excluding carboxylic acids is 1. The first-order valence-electron chi connectivity index (χ1n) is 12.2. The highest BCUT2D eigenvalue weighted by Crippen LogP contribution is 2.30. The standard InChI is InChI=1S/C25H26N4O7S3/c30-25(17-2-1-3-22(13-17)29(31)32)26-14-23-6-7-24(37-23)39(35,36)28-10-8-20(9-11-28)27-21-5-4-18-15-38(33,34)16-19(18)12-21/h1-7,12-13,20,27H,8-11,14-16H2,(H,26,30). The molecule has 5 rings (SSSR count). The van der Waals surface area contributed by atoms with Crippen LogP contribution in [0.1, 0.15) is 39.2 Å². The van der Waals surface area contributed by atoms with E-state index < -0.39 is 30.7 Å². The molecule has 39 heavy (non-hydrogen) atoms. The molecule has 0 saturated carbocycles. The molecule has 14 heteroatoms. The molecule has 0 spiro atoms. The zero-order chi connectivity index (χ0) is 27.8. The summed E-state index contributed by atoms with van der Waals surface area (Å²) in [7, 11) is -6.77. The highest BCUT2D eigenvalue weighted by Gasteiger charge is 2.31. The molecular weight excluding hydrogens is 564 g/mol. The molecule has 1 aromatic heterocycles. The van der Waals surface area contributed by atoms with E-state index in [9.17, 15) is 31.7 Å². The maximum absolute atomic E-state index is 13.2. The second-order valence-corrected chi connectivity index (χ2v) is 14.9. The number of rotatable bonds is 8. The molecule has 1 fully saturated rings. The average Bonchev–Trinajstić information content (AvgIpc) is 3.51. The van der Waals surface area contributed by atoms with Gasteiger partial charge in [-0.25, -0.2) is 16.8 Å². The number of hydrogen-bond donors (Lipinski definition) is 2. The molecule has 3 heterocycles. The number of nitrogens with zero attached hydrogens (tertiary/aromatic N) is 2. The summed E-state index contributed by atoms with van der Waals surface area (Å²) in [5, 5.41) is 17.0. The molecule has 2 aromatic carbocycles. The van der Waals surface area contributed by atoms with Gasteiger partial charge in [0.05, 0.1) is 23.0 Å². The second kappa shape index (κ2) is 10.7. The number of sulfonamides is 1. The minimum Gasteiger partial charge on any atom is -0.382 e. The zero-order valence-electron chi connectivity index (χ0n) is 20.7. The molecule has 206 valence electrons. The predicted molar refractivity (Wildman–Crippen MR) is 147 cm³/mol. The number of hydrogen-bond acceptors (Lipinski definition) is 9. The van der Waals surface area contributed by atoms with E-state index in [0.717, 1.165) is 28.2 Å². The number of piperidine rings is 1. The minimum atomic E-state index is -3.69. The number of fused-ring (bicyclic) bond motifs is 1. The van der Waals surface area contributed by atoms with Crippen LogP contribution in [0.2, 0.25) is 0 Å². The van der Waals surface area contributed by atoms with Crippen molar-refractivity contribution in [3.8, 4) is 0 Å². The number of sulfone groups is 1. The molecule has 1 saturated heterocycles. The summed E-state index contributed by atoms with van der Waals surface area (Å²) in [6.45, 7) is 0.780. The summed E-state index contributed by atoms with van der Waals surface area (Å²) < 4.78 is 51.8. The Kier molecular flexibility index (Phi) is 7.46. The summed E-state index contributed by atoms with van der Waals surface area (Å²) in [4.78, 5) is 23.4. The van der Waals surface area contributed by atoms with Crippen molar-refractivity contribution in [1.29, 1.82) is 0 Å². The first-order chi connectivity index (χ1) is 18.5. The molecule has 3 aromatic rings. The van der Waals surface area contributed by atoms with Gasteiger partial charge in [-0.1, -0.05) is 12.1 Å². The van der Waals surface area contributed by atoms with Crippen molar-refractivity contribution in [2.24, 2.45) is 0 Å². The lowest BCUT2D eigenvalue weighted by Crippen LogP contribution is -2.42. The molecule has 0 bridgehead atoms. The van der Waals surface area contributed by atoms with E-state index in [-0.39, 0.29) is 39.6 Å². The Labute approximate surface area is 230 Å². The van der Waals surface area contributed by atoms with E-state index in [4.69, 9.17) is 0 Å². The summed E-state index contributed by atoms with van der Waals surface area (Å²) >= 11 is 1.08. The molecular formula is C25H26N4O7S3. The summed E-state index contributed by atoms with van der Waals surface area (Å²) in [6.07, 6.45) is 1.21. The Bertz CT molecular complexity index is 1640. The van der Waals surface area contributed by atoms with Gasteiger partial charge < -0.3 is 10.6 Å². The van der Waals surface area contributed by atoms with Crippen molar-refractivity contribution in [3.05, 3.63) is 86.3 Å². The minimum absolute atomic E-state index is 0.0514. The molecule has 0 unspecified atom stereocenters. The number of anilines is 1. The lowest BCUT2D eigenvalue weighted by atomic mass is 10.0. The van der Waals surface area contributed by atoms with Gasteiger partial charge in [0, 0.05) is 47.4 Å². The molecule has 2 aliphatic rings. The number of thiophene rings is 1. The number of nitro benzene ring substituents is 1. The first-order valence-corrected chi connectivity index (χ1v) is 16.3. The van der Waals surface area contributed by atoms with Gasteiger partial charge in [-0.15, -0.1) is 11.3 Å². The maximum Gasteiger partial charge on any atom is 0.270 e. The smallest absolute Gasteiger partial charge is 0.270 e. The van der Waals surface area contributed by atoms with Crippen molar-refractivity contribution in [2.75, 3.05) is 18.4 Å². The third-order valence-corrected chi connectivity index (χ3v) is 11.7. The zero-order valence-corrected chi connectivity index (χ0v) is 23.1. The molecule has 0 aliphatic carbocycles. The van der Waals surface area contributed by atoms with E-state index in [2.05, 4.69) is 10.6 Å². The van der Waals surface area contributed by atoms with Crippen molar-refractivity contribution >= 4 is 48.5 Å². The third kappa shape index (κ3) is 6.13. The van der Waals surface area contributed by atoms with Gasteiger partial charge in [-0.05, 0) is 54.3 Å². The molecule has 2 aliphatic heterocycles. The fourth-order valence-electron chi connectivity index (χ4n) is 4.74. The SMILES string of the molecule is O=C(NCc1ccc(S(=O)(=O)N2CCC(Nc3ccc4c(c3)CS(=O)(=O)C4)CC2)s1)c1cccc([N+](=O)[O-])c1. The van der Waals surface area contributed by atoms with Crippen LogP contribution in [0, 0.1) is 10.1 Å². The Hall–Kier alpha value is -3.33. The van der Waals surface area contributed by atoms with Crippen molar-refractivity contribution in [1.82, 2.24) is 9.62 Å². The van der Waals surface area contributed by atoms with E-state index in [1.54, 1.807) is 6.07 Å². The van der Waals surface area contributed by atoms with Crippen molar-refractivity contribution in [3.63, 3.8) is 0 Å². The van der Waals surface area contributed by atoms with Crippen LogP contribution in [0.4, 0.5) is 11.4 Å². The highest BCUT2D eigenvalue weighted by molar-refractivity contribution is 7.91. The van der Waals surface area contributed by atoms with Gasteiger partial charge in [-0.2, -0.15) is 4.31 Å². The highest BCUT2D eigenvalue weighted by atomic mass is 32.2. The van der Waals surface area contributed by atoms with Crippen LogP contribution in [0.25, 0.3) is 0 Å². The van der Waals surface area contributed by atoms with Gasteiger partial charge in [0.25, 0.3) is 21.6 Å². The molecule has 11 nitrogen and oxygen atoms in total. The van der Waals surface area contributed by atoms with Gasteiger partial charge in [0.2, 0.25) is 0 Å². The lowest BCUT2D eigenvalue weighted by Gasteiger charge is -2.31. The van der Waals surface area contributed by atoms with Crippen molar-refractivity contribution < 1.29 is 26.6 Å². The topological polar surface area (TPSA) is 156 Å². The Balaban J connectivity index is 1.15. The molecule has 0 atom stereocenters. The van der Waals surface area contributed by atoms with Gasteiger partial charge in [0.1, 0.15) is 4.21 Å². The second-order valence-electron chi connectivity index (χ2n) is 9.55. The summed E-state index contributed by atoms with van der Waals surface area (Å²) in [6, 6.07) is 14.2. The number of carbonyl (C=O) groups is 1. The number of non-ortho nitro benzene ring substituents is 1. The van der Waals surface area contributed by atoms with E-state index in [1.165, 1.54) is 34.6 Å². The van der Waals surface area contributed by atoms with Crippen LogP contribution < -0.4 is 10.6 Å². The number of nitro groups is 1. The fraction of sp³-hybridized carbons (Fsp3) is 0.320. The van der Waals surface area contributed by atoms with Crippen LogP contribution in [0.3, 0.4) is 0 Å². The lowest BCUT2D eigenvalue weighted by molar-refractivity contribution is -0.384. The predicted octanol–water partition coefficient (Wildman–Crippen LogP) is 3.28. The van der Waals surface area contributed by atoms with E-state index >= 15 is 0 Å². The normalized spacial score (nSPS) is 17.4. The first kappa shape index (κ1) is 27.2. The Morgan fingerprint density at radius 3 is 2.54 bits per heavy atom. The van der Waals surface area contributed by atoms with E-state index in [1.807, 2.05) is 18.2 Å². The van der Waals surface area contributed by atoms with Crippen molar-refractivity contribution in [2.45, 2.75) is 41.1 Å². The van der Waals surface area contributed by atoms with Crippen LogP contribution >= 0.6 is 11.3 Å². The quantitative estimate of drug-likeness (QED) is 0.299. The number of benzene rings is 2. The average molecular weight is 591 g/mol. The maximum atomic E-state index is 13.2.